The zero-order valence-corrected chi connectivity index (χ0v) is 19.9. The number of rotatable bonds is 3. The van der Waals surface area contributed by atoms with Crippen LogP contribution in [0.5, 0.6) is 5.75 Å². The van der Waals surface area contributed by atoms with Gasteiger partial charge in [-0.25, -0.2) is 15.0 Å². The smallest absolute Gasteiger partial charge is 0.247 e. The molecule has 0 aliphatic rings. The molecule has 0 bridgehead atoms. The van der Waals surface area contributed by atoms with Crippen molar-refractivity contribution in [2.75, 3.05) is 7.11 Å². The van der Waals surface area contributed by atoms with E-state index >= 15 is 0 Å². The number of hydrogen-bond acceptors (Lipinski definition) is 6. The molecule has 0 aliphatic heterocycles. The number of aromatic nitrogens is 3. The maximum atomic E-state index is 6.49. The fraction of sp³-hybridized carbons (Fsp3) is 0.450. The van der Waals surface area contributed by atoms with Crippen molar-refractivity contribution in [2.45, 2.75) is 52.4 Å². The van der Waals surface area contributed by atoms with Crippen LogP contribution in [0.4, 0.5) is 0 Å². The Labute approximate surface area is 190 Å². The first-order valence-electron chi connectivity index (χ1n) is 8.79. The largest absolute Gasteiger partial charge is 0.493 e. The molecule has 1 radical (unpaired) electrons. The average Bonchev–Trinajstić information content (AvgIpc) is 3.24. The molecular formula is C20H23Cl2CoN3O3. The van der Waals surface area contributed by atoms with Crippen LogP contribution in [0.15, 0.2) is 21.4 Å². The minimum absolute atomic E-state index is 0. The molecule has 0 atom stereocenters. The van der Waals surface area contributed by atoms with Crippen molar-refractivity contribution < 1.29 is 30.3 Å². The zero-order chi connectivity index (χ0) is 20.9. The normalized spacial score (nSPS) is 12.0. The molecule has 0 saturated heterocycles. The van der Waals surface area contributed by atoms with Crippen molar-refractivity contribution in [3.63, 3.8) is 0 Å². The number of hydrogen-bond donors (Lipinski definition) is 0. The van der Waals surface area contributed by atoms with Gasteiger partial charge in [0, 0.05) is 27.6 Å². The van der Waals surface area contributed by atoms with Gasteiger partial charge in [-0.15, -0.1) is 0 Å². The van der Waals surface area contributed by atoms with Gasteiger partial charge in [0.1, 0.15) is 34.0 Å². The predicted molar refractivity (Wildman–Crippen MR) is 109 cm³/mol. The topological polar surface area (TPSA) is 74.2 Å². The van der Waals surface area contributed by atoms with Gasteiger partial charge in [0.05, 0.1) is 18.5 Å². The van der Waals surface area contributed by atoms with Crippen molar-refractivity contribution in [1.82, 2.24) is 15.0 Å². The summed E-state index contributed by atoms with van der Waals surface area (Å²) < 4.78 is 16.7. The second-order valence-electron chi connectivity index (χ2n) is 8.55. The fourth-order valence-electron chi connectivity index (χ4n) is 2.44. The van der Waals surface area contributed by atoms with Gasteiger partial charge in [0.15, 0.2) is 5.75 Å². The zero-order valence-electron chi connectivity index (χ0n) is 17.3. The van der Waals surface area contributed by atoms with Crippen molar-refractivity contribution in [2.24, 2.45) is 0 Å². The second kappa shape index (κ2) is 8.30. The summed E-state index contributed by atoms with van der Waals surface area (Å²) in [5.74, 6) is 0.803. The Hall–Kier alpha value is -1.54. The van der Waals surface area contributed by atoms with Gasteiger partial charge >= 0.3 is 0 Å². The molecule has 0 N–H and O–H groups in total. The summed E-state index contributed by atoms with van der Waals surface area (Å²) in [4.78, 5) is 13.6. The summed E-state index contributed by atoms with van der Waals surface area (Å²) in [6.45, 7) is 12.2. The van der Waals surface area contributed by atoms with Crippen molar-refractivity contribution in [1.29, 1.82) is 0 Å². The van der Waals surface area contributed by atoms with E-state index in [-0.39, 0.29) is 55.2 Å². The fourth-order valence-corrected chi connectivity index (χ4v) is 3.08. The van der Waals surface area contributed by atoms with Gasteiger partial charge in [-0.05, 0) is 0 Å². The Kier molecular flexibility index (Phi) is 6.79. The van der Waals surface area contributed by atoms with Gasteiger partial charge in [-0.3, -0.25) is 0 Å². The molecule has 0 spiro atoms. The SMILES string of the molecule is COc1c(Cl)c(-c2nc(C(C)(C)C)co2)nc(-c2nc(C(C)(C)C)co2)c1Cl.[Co]. The molecule has 3 heterocycles. The van der Waals surface area contributed by atoms with Crippen LogP contribution in [-0.2, 0) is 27.6 Å². The summed E-state index contributed by atoms with van der Waals surface area (Å²) in [5.41, 5.74) is 1.81. The summed E-state index contributed by atoms with van der Waals surface area (Å²) in [6, 6.07) is 0. The standard InChI is InChI=1S/C20H23Cl2N3O3.Co/c1-19(2,3)10-8-27-17(23-10)14-12(21)16(26-7)13(22)15(25-14)18-24-11(9-28-18)20(4,5)6;/h8-9H,1-7H3;. The average molecular weight is 483 g/mol. The predicted octanol–water partition coefficient (Wildman–Crippen LogP) is 6.30. The van der Waals surface area contributed by atoms with E-state index in [2.05, 4.69) is 15.0 Å². The van der Waals surface area contributed by atoms with E-state index in [0.29, 0.717) is 11.4 Å². The van der Waals surface area contributed by atoms with Crippen LogP contribution >= 0.6 is 23.2 Å². The Bertz CT molecular complexity index is 941. The molecule has 9 heteroatoms. The third-order valence-electron chi connectivity index (χ3n) is 4.19. The third kappa shape index (κ3) is 4.63. The number of pyridine rings is 1. The molecule has 3 rings (SSSR count). The van der Waals surface area contributed by atoms with E-state index in [1.165, 1.54) is 7.11 Å². The van der Waals surface area contributed by atoms with Crippen molar-refractivity contribution >= 4 is 23.2 Å². The van der Waals surface area contributed by atoms with Gasteiger partial charge in [-0.2, -0.15) is 0 Å². The van der Waals surface area contributed by atoms with Gasteiger partial charge in [-0.1, -0.05) is 64.7 Å². The molecule has 0 aliphatic carbocycles. The van der Waals surface area contributed by atoms with Crippen LogP contribution in [0.1, 0.15) is 52.9 Å². The minimum atomic E-state index is -0.183. The number of ether oxygens (including phenoxy) is 1. The molecule has 0 unspecified atom stereocenters. The quantitative estimate of drug-likeness (QED) is 0.436. The van der Waals surface area contributed by atoms with E-state index in [1.54, 1.807) is 12.5 Å². The Morgan fingerprint density at radius 1 is 0.759 bits per heavy atom. The van der Waals surface area contributed by atoms with Crippen LogP contribution in [0.25, 0.3) is 23.2 Å². The maximum Gasteiger partial charge on any atom is 0.247 e. The first-order valence-corrected chi connectivity index (χ1v) is 9.54. The molecule has 159 valence electrons. The molecule has 3 aromatic heterocycles. The summed E-state index contributed by atoms with van der Waals surface area (Å²) in [5, 5.41) is 0.419. The summed E-state index contributed by atoms with van der Waals surface area (Å²) in [7, 11) is 1.48. The van der Waals surface area contributed by atoms with E-state index in [9.17, 15) is 0 Å². The maximum absolute atomic E-state index is 6.49. The van der Waals surface area contributed by atoms with E-state index < -0.39 is 0 Å². The van der Waals surface area contributed by atoms with Gasteiger partial charge < -0.3 is 13.6 Å². The number of methoxy groups -OCH3 is 1. The van der Waals surface area contributed by atoms with Gasteiger partial charge in [0.2, 0.25) is 11.8 Å². The van der Waals surface area contributed by atoms with Crippen LogP contribution in [0, 0.1) is 0 Å². The van der Waals surface area contributed by atoms with Gasteiger partial charge in [0.25, 0.3) is 0 Å². The molecule has 3 aromatic rings. The van der Waals surface area contributed by atoms with E-state index in [4.69, 9.17) is 36.8 Å². The van der Waals surface area contributed by atoms with Crippen LogP contribution < -0.4 is 4.74 Å². The van der Waals surface area contributed by atoms with E-state index in [0.717, 1.165) is 11.4 Å². The van der Waals surface area contributed by atoms with Crippen molar-refractivity contribution in [3.8, 4) is 28.9 Å². The summed E-state index contributed by atoms with van der Waals surface area (Å²) in [6.07, 6.45) is 3.19. The first-order chi connectivity index (χ1) is 12.9. The Balaban J connectivity index is 0.00000300. The van der Waals surface area contributed by atoms with E-state index in [1.807, 2.05) is 41.5 Å². The summed E-state index contributed by atoms with van der Waals surface area (Å²) >= 11 is 13.0. The Morgan fingerprint density at radius 2 is 1.14 bits per heavy atom. The monoisotopic (exact) mass is 482 g/mol. The van der Waals surface area contributed by atoms with Crippen molar-refractivity contribution in [3.05, 3.63) is 34.0 Å². The molecule has 29 heavy (non-hydrogen) atoms. The molecule has 0 saturated carbocycles. The minimum Gasteiger partial charge on any atom is -0.493 e. The van der Waals surface area contributed by atoms with Crippen LogP contribution in [-0.4, -0.2) is 22.1 Å². The van der Waals surface area contributed by atoms with Crippen LogP contribution in [0.2, 0.25) is 10.0 Å². The second-order valence-corrected chi connectivity index (χ2v) is 9.30. The Morgan fingerprint density at radius 3 is 1.41 bits per heavy atom. The number of halogens is 2. The molecule has 0 fully saturated rings. The number of oxazole rings is 2. The van der Waals surface area contributed by atoms with Crippen LogP contribution in [0.3, 0.4) is 0 Å². The molecule has 0 amide bonds. The molecular weight excluding hydrogens is 460 g/mol. The first kappa shape index (κ1) is 23.7. The third-order valence-corrected chi connectivity index (χ3v) is 4.89. The number of nitrogens with zero attached hydrogens (tertiary/aromatic N) is 3. The molecule has 0 aromatic carbocycles. The molecule has 6 nitrogen and oxygen atoms in total.